The molecule has 0 amide bonds. The molecule has 1 atom stereocenters. The number of rotatable bonds is 5. The van der Waals surface area contributed by atoms with E-state index in [0.29, 0.717) is 29.7 Å². The molecule has 1 N–H and O–H groups in total. The number of anilines is 1. The van der Waals surface area contributed by atoms with Crippen LogP contribution in [-0.4, -0.2) is 16.6 Å². The van der Waals surface area contributed by atoms with Crippen molar-refractivity contribution in [1.29, 1.82) is 0 Å². The molecule has 20 heavy (non-hydrogen) atoms. The molecule has 106 valence electrons. The van der Waals surface area contributed by atoms with Crippen LogP contribution in [-0.2, 0) is 0 Å². The van der Waals surface area contributed by atoms with E-state index in [1.807, 2.05) is 19.9 Å². The Balaban J connectivity index is 2.19. The number of ether oxygens (including phenoxy) is 1. The lowest BCUT2D eigenvalue weighted by Crippen LogP contribution is -2.11. The molecule has 0 bridgehead atoms. The third-order valence-electron chi connectivity index (χ3n) is 2.84. The fraction of sp³-hybridized carbons (Fsp3) is 0.333. The lowest BCUT2D eigenvalue weighted by molar-refractivity contribution is 0.325. The van der Waals surface area contributed by atoms with Gasteiger partial charge in [-0.15, -0.1) is 0 Å². The minimum absolute atomic E-state index is 0.194. The Kier molecular flexibility index (Phi) is 4.50. The zero-order valence-electron chi connectivity index (χ0n) is 11.9. The van der Waals surface area contributed by atoms with Crippen molar-refractivity contribution in [2.75, 3.05) is 11.9 Å². The van der Waals surface area contributed by atoms with Crippen LogP contribution in [0.3, 0.4) is 0 Å². The molecule has 2 aromatic rings. The molecule has 0 aliphatic rings. The summed E-state index contributed by atoms with van der Waals surface area (Å²) in [5.41, 5.74) is 0.599. The molecule has 0 saturated carbocycles. The van der Waals surface area contributed by atoms with Gasteiger partial charge in [0.25, 0.3) is 0 Å². The van der Waals surface area contributed by atoms with Gasteiger partial charge in [0.1, 0.15) is 17.5 Å². The van der Waals surface area contributed by atoms with Crippen LogP contribution in [0, 0.1) is 12.7 Å². The molecular weight excluding hydrogens is 257 g/mol. The van der Waals surface area contributed by atoms with E-state index >= 15 is 0 Å². The monoisotopic (exact) mass is 275 g/mol. The number of benzene rings is 1. The Labute approximate surface area is 118 Å². The van der Waals surface area contributed by atoms with Crippen LogP contribution in [0.15, 0.2) is 30.3 Å². The summed E-state index contributed by atoms with van der Waals surface area (Å²) in [6.45, 7) is 6.11. The van der Waals surface area contributed by atoms with E-state index in [0.717, 1.165) is 0 Å². The third-order valence-corrected chi connectivity index (χ3v) is 2.84. The Morgan fingerprint density at radius 2 is 2.05 bits per heavy atom. The predicted octanol–water partition coefficient (Wildman–Crippen LogP) is 3.50. The number of aryl methyl sites for hydroxylation is 1. The SMILES string of the molecule is CCOc1cc(NC(C)c2ccccc2F)nc(C)n1. The summed E-state index contributed by atoms with van der Waals surface area (Å²) < 4.78 is 19.1. The minimum atomic E-state index is -0.233. The highest BCUT2D eigenvalue weighted by Crippen LogP contribution is 2.22. The van der Waals surface area contributed by atoms with E-state index in [9.17, 15) is 4.39 Å². The number of hydrogen-bond donors (Lipinski definition) is 1. The molecule has 1 aromatic carbocycles. The van der Waals surface area contributed by atoms with Gasteiger partial charge in [-0.1, -0.05) is 18.2 Å². The first-order chi connectivity index (χ1) is 9.60. The summed E-state index contributed by atoms with van der Waals surface area (Å²) in [5.74, 6) is 1.52. The van der Waals surface area contributed by atoms with Gasteiger partial charge in [-0.2, -0.15) is 4.98 Å². The highest BCUT2D eigenvalue weighted by molar-refractivity contribution is 5.41. The molecule has 4 nitrogen and oxygen atoms in total. The molecule has 2 rings (SSSR count). The van der Waals surface area contributed by atoms with Crippen LogP contribution in [0.1, 0.15) is 31.3 Å². The number of aromatic nitrogens is 2. The second-order valence-corrected chi connectivity index (χ2v) is 4.46. The molecule has 0 saturated heterocycles. The highest BCUT2D eigenvalue weighted by Gasteiger charge is 2.11. The van der Waals surface area contributed by atoms with E-state index in [1.54, 1.807) is 25.1 Å². The maximum absolute atomic E-state index is 13.7. The zero-order valence-corrected chi connectivity index (χ0v) is 11.9. The highest BCUT2D eigenvalue weighted by atomic mass is 19.1. The lowest BCUT2D eigenvalue weighted by Gasteiger charge is -2.16. The molecular formula is C15H18FN3O. The largest absolute Gasteiger partial charge is 0.478 e. The van der Waals surface area contributed by atoms with Crippen molar-refractivity contribution < 1.29 is 9.13 Å². The third kappa shape index (κ3) is 3.44. The summed E-state index contributed by atoms with van der Waals surface area (Å²) in [6, 6.07) is 8.21. The standard InChI is InChI=1S/C15H18FN3O/c1-4-20-15-9-14(18-11(3)19-15)17-10(2)12-7-5-6-8-13(12)16/h5-10H,4H2,1-3H3,(H,17,18,19). The summed E-state index contributed by atoms with van der Waals surface area (Å²) in [4.78, 5) is 8.46. The van der Waals surface area contributed by atoms with Gasteiger partial charge >= 0.3 is 0 Å². The Hall–Kier alpha value is -2.17. The maximum Gasteiger partial charge on any atom is 0.218 e. The van der Waals surface area contributed by atoms with Crippen LogP contribution in [0.2, 0.25) is 0 Å². The van der Waals surface area contributed by atoms with Crippen molar-refractivity contribution in [1.82, 2.24) is 9.97 Å². The van der Waals surface area contributed by atoms with Gasteiger partial charge in [0.2, 0.25) is 5.88 Å². The molecule has 0 spiro atoms. The van der Waals surface area contributed by atoms with E-state index in [-0.39, 0.29) is 11.9 Å². The first-order valence-electron chi connectivity index (χ1n) is 6.59. The molecule has 0 aliphatic carbocycles. The molecule has 0 fully saturated rings. The summed E-state index contributed by atoms with van der Waals surface area (Å²) >= 11 is 0. The minimum Gasteiger partial charge on any atom is -0.478 e. The smallest absolute Gasteiger partial charge is 0.218 e. The number of nitrogens with one attached hydrogen (secondary N) is 1. The van der Waals surface area contributed by atoms with E-state index in [4.69, 9.17) is 4.74 Å². The van der Waals surface area contributed by atoms with Gasteiger partial charge in [0, 0.05) is 11.6 Å². The van der Waals surface area contributed by atoms with Gasteiger partial charge in [-0.3, -0.25) is 0 Å². The van der Waals surface area contributed by atoms with Crippen LogP contribution in [0.25, 0.3) is 0 Å². The van der Waals surface area contributed by atoms with Crippen LogP contribution < -0.4 is 10.1 Å². The van der Waals surface area contributed by atoms with Crippen LogP contribution >= 0.6 is 0 Å². The van der Waals surface area contributed by atoms with E-state index < -0.39 is 0 Å². The van der Waals surface area contributed by atoms with Crippen molar-refractivity contribution >= 4 is 5.82 Å². The van der Waals surface area contributed by atoms with E-state index in [1.165, 1.54) is 6.07 Å². The van der Waals surface area contributed by atoms with Crippen molar-refractivity contribution in [2.24, 2.45) is 0 Å². The van der Waals surface area contributed by atoms with Gasteiger partial charge in [-0.05, 0) is 26.8 Å². The lowest BCUT2D eigenvalue weighted by atomic mass is 10.1. The molecule has 0 aliphatic heterocycles. The summed E-state index contributed by atoms with van der Waals surface area (Å²) in [6.07, 6.45) is 0. The second kappa shape index (κ2) is 6.32. The Morgan fingerprint density at radius 1 is 1.30 bits per heavy atom. The Morgan fingerprint density at radius 3 is 2.75 bits per heavy atom. The van der Waals surface area contributed by atoms with Gasteiger partial charge in [0.05, 0.1) is 12.6 Å². The van der Waals surface area contributed by atoms with Gasteiger partial charge < -0.3 is 10.1 Å². The first-order valence-corrected chi connectivity index (χ1v) is 6.59. The first kappa shape index (κ1) is 14.2. The van der Waals surface area contributed by atoms with Crippen molar-refractivity contribution in [2.45, 2.75) is 26.8 Å². The van der Waals surface area contributed by atoms with Crippen molar-refractivity contribution in [3.8, 4) is 5.88 Å². The number of halogens is 1. The average Bonchev–Trinajstić information content (AvgIpc) is 2.38. The predicted molar refractivity (Wildman–Crippen MR) is 76.4 cm³/mol. The zero-order chi connectivity index (χ0) is 14.5. The summed E-state index contributed by atoms with van der Waals surface area (Å²) in [7, 11) is 0. The van der Waals surface area contributed by atoms with Crippen LogP contribution in [0.4, 0.5) is 10.2 Å². The average molecular weight is 275 g/mol. The molecule has 5 heteroatoms. The topological polar surface area (TPSA) is 47.0 Å². The number of hydrogen-bond acceptors (Lipinski definition) is 4. The fourth-order valence-electron chi connectivity index (χ4n) is 1.96. The fourth-order valence-corrected chi connectivity index (χ4v) is 1.96. The maximum atomic E-state index is 13.7. The number of nitrogens with zero attached hydrogens (tertiary/aromatic N) is 2. The Bertz CT molecular complexity index is 589. The van der Waals surface area contributed by atoms with Crippen molar-refractivity contribution in [3.05, 3.63) is 47.5 Å². The van der Waals surface area contributed by atoms with Gasteiger partial charge in [0.15, 0.2) is 0 Å². The second-order valence-electron chi connectivity index (χ2n) is 4.46. The summed E-state index contributed by atoms with van der Waals surface area (Å²) in [5, 5.41) is 3.17. The van der Waals surface area contributed by atoms with Crippen LogP contribution in [0.5, 0.6) is 5.88 Å². The molecule has 1 aromatic heterocycles. The van der Waals surface area contributed by atoms with E-state index in [2.05, 4.69) is 15.3 Å². The molecule has 0 radical (unpaired) electrons. The molecule has 1 heterocycles. The van der Waals surface area contributed by atoms with Crippen molar-refractivity contribution in [3.63, 3.8) is 0 Å². The normalized spacial score (nSPS) is 12.0. The molecule has 1 unspecified atom stereocenters. The quantitative estimate of drug-likeness (QED) is 0.907. The van der Waals surface area contributed by atoms with Gasteiger partial charge in [-0.25, -0.2) is 9.37 Å².